The van der Waals surface area contributed by atoms with Gasteiger partial charge in [0.1, 0.15) is 0 Å². The summed E-state index contributed by atoms with van der Waals surface area (Å²) >= 11 is 0. The molecule has 2 rings (SSSR count). The van der Waals surface area contributed by atoms with Crippen molar-refractivity contribution in [3.8, 4) is 0 Å². The van der Waals surface area contributed by atoms with Crippen LogP contribution in [0.25, 0.3) is 0 Å². The molecular formula is C12H17NO4S2. The normalized spacial score (nSPS) is 21.7. The Morgan fingerprint density at radius 1 is 1.11 bits per heavy atom. The van der Waals surface area contributed by atoms with Crippen LogP contribution in [0.1, 0.15) is 12.0 Å². The molecule has 0 radical (unpaired) electrons. The van der Waals surface area contributed by atoms with Crippen molar-refractivity contribution in [2.45, 2.75) is 23.5 Å². The van der Waals surface area contributed by atoms with Crippen LogP contribution >= 0.6 is 0 Å². The number of hydrogen-bond donors (Lipinski definition) is 0. The van der Waals surface area contributed by atoms with Gasteiger partial charge in [-0.1, -0.05) is 17.7 Å². The van der Waals surface area contributed by atoms with E-state index in [4.69, 9.17) is 0 Å². The van der Waals surface area contributed by atoms with Gasteiger partial charge in [0.15, 0.2) is 9.84 Å². The SMILES string of the molecule is Cc1ccc(S(=O)(=O)N2CCC(S(C)(=O)=O)C2)cc1. The van der Waals surface area contributed by atoms with Crippen LogP contribution in [-0.2, 0) is 19.9 Å². The van der Waals surface area contributed by atoms with Crippen molar-refractivity contribution in [3.05, 3.63) is 29.8 Å². The highest BCUT2D eigenvalue weighted by atomic mass is 32.2. The number of aryl methyl sites for hydroxylation is 1. The fraction of sp³-hybridized carbons (Fsp3) is 0.500. The van der Waals surface area contributed by atoms with Crippen molar-refractivity contribution >= 4 is 19.9 Å². The van der Waals surface area contributed by atoms with Gasteiger partial charge in [0.25, 0.3) is 0 Å². The molecule has 7 heteroatoms. The predicted molar refractivity (Wildman–Crippen MR) is 73.2 cm³/mol. The van der Waals surface area contributed by atoms with E-state index >= 15 is 0 Å². The second kappa shape index (κ2) is 4.88. The lowest BCUT2D eigenvalue weighted by molar-refractivity contribution is 0.477. The molecule has 19 heavy (non-hydrogen) atoms. The molecule has 0 bridgehead atoms. The highest BCUT2D eigenvalue weighted by Crippen LogP contribution is 2.24. The van der Waals surface area contributed by atoms with Crippen molar-refractivity contribution in [2.24, 2.45) is 0 Å². The standard InChI is InChI=1S/C12H17NO4S2/c1-10-3-5-11(6-4-10)19(16,17)13-8-7-12(9-13)18(2,14)15/h3-6,12H,7-9H2,1-2H3. The van der Waals surface area contributed by atoms with E-state index in [1.165, 1.54) is 4.31 Å². The van der Waals surface area contributed by atoms with E-state index in [0.717, 1.165) is 11.8 Å². The molecule has 0 aromatic heterocycles. The smallest absolute Gasteiger partial charge is 0.229 e. The lowest BCUT2D eigenvalue weighted by Crippen LogP contribution is -2.31. The van der Waals surface area contributed by atoms with Crippen LogP contribution in [-0.4, -0.2) is 45.7 Å². The number of hydrogen-bond acceptors (Lipinski definition) is 4. The largest absolute Gasteiger partial charge is 0.243 e. The molecule has 0 saturated carbocycles. The van der Waals surface area contributed by atoms with Gasteiger partial charge >= 0.3 is 0 Å². The summed E-state index contributed by atoms with van der Waals surface area (Å²) in [5.74, 6) is 0. The van der Waals surface area contributed by atoms with Crippen LogP contribution in [0.2, 0.25) is 0 Å². The Morgan fingerprint density at radius 2 is 1.68 bits per heavy atom. The third-order valence-corrected chi connectivity index (χ3v) is 6.85. The van der Waals surface area contributed by atoms with Gasteiger partial charge in [0.05, 0.1) is 10.1 Å². The molecule has 1 heterocycles. The van der Waals surface area contributed by atoms with E-state index in [2.05, 4.69) is 0 Å². The van der Waals surface area contributed by atoms with Crippen LogP contribution < -0.4 is 0 Å². The highest BCUT2D eigenvalue weighted by Gasteiger charge is 2.36. The molecule has 0 amide bonds. The number of sulfonamides is 1. The molecule has 0 aliphatic carbocycles. The fourth-order valence-corrected chi connectivity index (χ4v) is 4.70. The van der Waals surface area contributed by atoms with Crippen molar-refractivity contribution in [1.82, 2.24) is 4.31 Å². The molecule has 1 unspecified atom stereocenters. The molecule has 1 aliphatic heterocycles. The van der Waals surface area contributed by atoms with Gasteiger partial charge in [-0.05, 0) is 25.5 Å². The molecule has 1 fully saturated rings. The second-order valence-electron chi connectivity index (χ2n) is 4.92. The molecule has 0 spiro atoms. The average Bonchev–Trinajstić information content (AvgIpc) is 2.79. The first-order chi connectivity index (χ1) is 8.71. The summed E-state index contributed by atoms with van der Waals surface area (Å²) in [6.45, 7) is 2.19. The zero-order valence-electron chi connectivity index (χ0n) is 10.9. The molecule has 1 aromatic carbocycles. The lowest BCUT2D eigenvalue weighted by atomic mass is 10.2. The Labute approximate surface area is 114 Å². The summed E-state index contributed by atoms with van der Waals surface area (Å²) in [4.78, 5) is 0.215. The van der Waals surface area contributed by atoms with Crippen LogP contribution in [0.3, 0.4) is 0 Å². The number of rotatable bonds is 3. The Kier molecular flexibility index (Phi) is 3.72. The van der Waals surface area contributed by atoms with Gasteiger partial charge in [-0.15, -0.1) is 0 Å². The van der Waals surface area contributed by atoms with Crippen molar-refractivity contribution in [3.63, 3.8) is 0 Å². The fourth-order valence-electron chi connectivity index (χ4n) is 2.12. The predicted octanol–water partition coefficient (Wildman–Crippen LogP) is 0.803. The Hall–Kier alpha value is -0.920. The van der Waals surface area contributed by atoms with Crippen molar-refractivity contribution < 1.29 is 16.8 Å². The number of nitrogens with zero attached hydrogens (tertiary/aromatic N) is 1. The Balaban J connectivity index is 2.25. The molecular weight excluding hydrogens is 286 g/mol. The van der Waals surface area contributed by atoms with Gasteiger partial charge in [0.2, 0.25) is 10.0 Å². The summed E-state index contributed by atoms with van der Waals surface area (Å²) < 4.78 is 48.9. The van der Waals surface area contributed by atoms with Crippen LogP contribution in [0.4, 0.5) is 0 Å². The summed E-state index contributed by atoms with van der Waals surface area (Å²) in [5.41, 5.74) is 0.981. The highest BCUT2D eigenvalue weighted by molar-refractivity contribution is 7.91. The van der Waals surface area contributed by atoms with E-state index in [1.807, 2.05) is 6.92 Å². The first kappa shape index (κ1) is 14.5. The molecule has 1 aromatic rings. The van der Waals surface area contributed by atoms with Crippen molar-refractivity contribution in [2.75, 3.05) is 19.3 Å². The molecule has 0 N–H and O–H groups in total. The minimum Gasteiger partial charge on any atom is -0.229 e. The van der Waals surface area contributed by atoms with Crippen molar-refractivity contribution in [1.29, 1.82) is 0 Å². The van der Waals surface area contributed by atoms with Gasteiger partial charge in [-0.25, -0.2) is 16.8 Å². The monoisotopic (exact) mass is 303 g/mol. The average molecular weight is 303 g/mol. The van der Waals surface area contributed by atoms with Gasteiger partial charge in [0, 0.05) is 19.3 Å². The minimum absolute atomic E-state index is 0.0506. The van der Waals surface area contributed by atoms with Gasteiger partial charge in [-0.3, -0.25) is 0 Å². The third kappa shape index (κ3) is 2.98. The molecule has 1 atom stereocenters. The number of sulfone groups is 1. The summed E-state index contributed by atoms with van der Waals surface area (Å²) in [6.07, 6.45) is 1.52. The zero-order valence-corrected chi connectivity index (χ0v) is 12.5. The zero-order chi connectivity index (χ0) is 14.3. The first-order valence-electron chi connectivity index (χ1n) is 5.97. The van der Waals surface area contributed by atoms with E-state index in [0.29, 0.717) is 6.42 Å². The maximum absolute atomic E-state index is 12.3. The number of benzene rings is 1. The van der Waals surface area contributed by atoms with E-state index in [9.17, 15) is 16.8 Å². The van der Waals surface area contributed by atoms with E-state index in [1.54, 1.807) is 24.3 Å². The van der Waals surface area contributed by atoms with Crippen LogP contribution in [0, 0.1) is 6.92 Å². The quantitative estimate of drug-likeness (QED) is 0.828. The summed E-state index contributed by atoms with van der Waals surface area (Å²) in [7, 11) is -6.77. The third-order valence-electron chi connectivity index (χ3n) is 3.37. The second-order valence-corrected chi connectivity index (χ2v) is 9.18. The van der Waals surface area contributed by atoms with Crippen LogP contribution in [0.15, 0.2) is 29.2 Å². The van der Waals surface area contributed by atoms with Gasteiger partial charge < -0.3 is 0 Å². The van der Waals surface area contributed by atoms with Crippen LogP contribution in [0.5, 0.6) is 0 Å². The van der Waals surface area contributed by atoms with E-state index < -0.39 is 25.1 Å². The van der Waals surface area contributed by atoms with Gasteiger partial charge in [-0.2, -0.15) is 4.31 Å². The van der Waals surface area contributed by atoms with E-state index in [-0.39, 0.29) is 18.0 Å². The summed E-state index contributed by atoms with van der Waals surface area (Å²) in [6, 6.07) is 6.57. The molecule has 5 nitrogen and oxygen atoms in total. The molecule has 1 saturated heterocycles. The lowest BCUT2D eigenvalue weighted by Gasteiger charge is -2.16. The Bertz CT molecular complexity index is 662. The first-order valence-corrected chi connectivity index (χ1v) is 9.36. The molecule has 1 aliphatic rings. The maximum Gasteiger partial charge on any atom is 0.243 e. The molecule has 106 valence electrons. The minimum atomic E-state index is -3.58. The Morgan fingerprint density at radius 3 is 2.16 bits per heavy atom. The summed E-state index contributed by atoms with van der Waals surface area (Å²) in [5, 5.41) is -0.590. The topological polar surface area (TPSA) is 71.5 Å². The maximum atomic E-state index is 12.3.